The number of nitrogens with zero attached hydrogens (tertiary/aromatic N) is 1. The van der Waals surface area contributed by atoms with Crippen LogP contribution < -0.4 is 9.47 Å². The van der Waals surface area contributed by atoms with Gasteiger partial charge in [0, 0.05) is 18.2 Å². The van der Waals surface area contributed by atoms with Gasteiger partial charge in [-0.15, -0.1) is 0 Å². The molecule has 0 saturated carbocycles. The van der Waals surface area contributed by atoms with Crippen LogP contribution in [-0.4, -0.2) is 35.6 Å². The van der Waals surface area contributed by atoms with Crippen LogP contribution in [-0.2, 0) is 4.79 Å². The smallest absolute Gasteiger partial charge is 0.267 e. The second-order valence-corrected chi connectivity index (χ2v) is 7.02. The third-order valence-electron chi connectivity index (χ3n) is 3.46. The van der Waals surface area contributed by atoms with E-state index in [1.807, 2.05) is 20.8 Å². The second kappa shape index (κ2) is 6.15. The summed E-state index contributed by atoms with van der Waals surface area (Å²) in [5.41, 5.74) is -0.313. The van der Waals surface area contributed by atoms with Gasteiger partial charge >= 0.3 is 0 Å². The molecule has 1 heterocycles. The molecule has 1 amide bonds. The summed E-state index contributed by atoms with van der Waals surface area (Å²) in [6, 6.07) is 4.07. The number of amides is 1. The summed E-state index contributed by atoms with van der Waals surface area (Å²) in [6.07, 6.45) is -0.743. The Labute approximate surface area is 131 Å². The normalized spacial score (nSPS) is 17.5. The molecule has 4 nitrogen and oxygen atoms in total. The van der Waals surface area contributed by atoms with Crippen LogP contribution in [0.15, 0.2) is 18.2 Å². The molecule has 0 N–H and O–H groups in total. The molecule has 0 aliphatic carbocycles. The first-order chi connectivity index (χ1) is 10.2. The van der Waals surface area contributed by atoms with Gasteiger partial charge in [0.2, 0.25) is 6.10 Å². The number of carbonyl (C=O) groups excluding carboxylic acids is 1. The highest BCUT2D eigenvalue weighted by molar-refractivity contribution is 5.82. The third-order valence-corrected chi connectivity index (χ3v) is 3.46. The van der Waals surface area contributed by atoms with Crippen molar-refractivity contribution in [2.75, 3.05) is 13.2 Å². The summed E-state index contributed by atoms with van der Waals surface area (Å²) in [4.78, 5) is 14.6. The average molecular weight is 309 g/mol. The Morgan fingerprint density at radius 2 is 2.05 bits per heavy atom. The van der Waals surface area contributed by atoms with Gasteiger partial charge in [-0.2, -0.15) is 0 Å². The van der Waals surface area contributed by atoms with Crippen LogP contribution in [0.5, 0.6) is 11.5 Å². The monoisotopic (exact) mass is 309 g/mol. The lowest BCUT2D eigenvalue weighted by Crippen LogP contribution is -2.54. The first-order valence-corrected chi connectivity index (χ1v) is 7.59. The predicted octanol–water partition coefficient (Wildman–Crippen LogP) is 3.25. The van der Waals surface area contributed by atoms with Gasteiger partial charge in [0.15, 0.2) is 11.5 Å². The van der Waals surface area contributed by atoms with Gasteiger partial charge in [-0.1, -0.05) is 13.8 Å². The van der Waals surface area contributed by atoms with Crippen molar-refractivity contribution in [3.8, 4) is 11.5 Å². The highest BCUT2D eigenvalue weighted by Crippen LogP contribution is 2.33. The van der Waals surface area contributed by atoms with Crippen molar-refractivity contribution in [2.45, 2.75) is 46.3 Å². The quantitative estimate of drug-likeness (QED) is 0.860. The van der Waals surface area contributed by atoms with Gasteiger partial charge in [-0.25, -0.2) is 4.39 Å². The number of hydrogen-bond donors (Lipinski definition) is 0. The Morgan fingerprint density at radius 3 is 2.64 bits per heavy atom. The number of rotatable bonds is 3. The molecule has 0 bridgehead atoms. The number of benzene rings is 1. The topological polar surface area (TPSA) is 38.8 Å². The molecule has 0 spiro atoms. The Balaban J connectivity index is 2.18. The van der Waals surface area contributed by atoms with Crippen molar-refractivity contribution in [1.29, 1.82) is 0 Å². The highest BCUT2D eigenvalue weighted by atomic mass is 19.1. The van der Waals surface area contributed by atoms with Crippen LogP contribution in [0.4, 0.5) is 4.39 Å². The van der Waals surface area contributed by atoms with E-state index < -0.39 is 11.9 Å². The maximum absolute atomic E-state index is 13.3. The maximum Gasteiger partial charge on any atom is 0.267 e. The fourth-order valence-electron chi connectivity index (χ4n) is 2.40. The van der Waals surface area contributed by atoms with Crippen molar-refractivity contribution in [2.24, 2.45) is 5.92 Å². The van der Waals surface area contributed by atoms with E-state index in [0.29, 0.717) is 18.2 Å². The SMILES string of the molecule is CC(C)CN(C(=O)C1COc2ccc(F)cc2O1)C(C)(C)C. The van der Waals surface area contributed by atoms with Gasteiger partial charge in [0.1, 0.15) is 12.4 Å². The van der Waals surface area contributed by atoms with Crippen molar-refractivity contribution in [1.82, 2.24) is 4.90 Å². The van der Waals surface area contributed by atoms with Crippen LogP contribution in [0.1, 0.15) is 34.6 Å². The van der Waals surface area contributed by atoms with Gasteiger partial charge in [-0.05, 0) is 38.8 Å². The Bertz CT molecular complexity index is 551. The zero-order valence-corrected chi connectivity index (χ0v) is 13.9. The number of carbonyl (C=O) groups is 1. The first kappa shape index (κ1) is 16.6. The molecule has 0 aromatic heterocycles. The van der Waals surface area contributed by atoms with Crippen LogP contribution in [0.25, 0.3) is 0 Å². The van der Waals surface area contributed by atoms with E-state index in [4.69, 9.17) is 9.47 Å². The number of ether oxygens (including phenoxy) is 2. The zero-order chi connectivity index (χ0) is 16.5. The Kier molecular flexibility index (Phi) is 4.63. The van der Waals surface area contributed by atoms with E-state index in [-0.39, 0.29) is 23.8 Å². The van der Waals surface area contributed by atoms with Crippen LogP contribution in [0.2, 0.25) is 0 Å². The minimum absolute atomic E-state index is 0.129. The van der Waals surface area contributed by atoms with Crippen molar-refractivity contribution in [3.63, 3.8) is 0 Å². The summed E-state index contributed by atoms with van der Waals surface area (Å²) < 4.78 is 24.5. The molecule has 1 unspecified atom stereocenters. The minimum Gasteiger partial charge on any atom is -0.485 e. The molecule has 1 aromatic carbocycles. The van der Waals surface area contributed by atoms with E-state index in [2.05, 4.69) is 13.8 Å². The predicted molar refractivity (Wildman–Crippen MR) is 82.6 cm³/mol. The first-order valence-electron chi connectivity index (χ1n) is 7.59. The molecule has 1 aliphatic heterocycles. The van der Waals surface area contributed by atoms with Gasteiger partial charge in [-0.3, -0.25) is 4.79 Å². The summed E-state index contributed by atoms with van der Waals surface area (Å²) in [6.45, 7) is 10.9. The van der Waals surface area contributed by atoms with Gasteiger partial charge < -0.3 is 14.4 Å². The fraction of sp³-hybridized carbons (Fsp3) is 0.588. The Morgan fingerprint density at radius 1 is 1.36 bits per heavy atom. The van der Waals surface area contributed by atoms with Crippen molar-refractivity contribution >= 4 is 5.91 Å². The average Bonchev–Trinajstić information content (AvgIpc) is 2.41. The van der Waals surface area contributed by atoms with Crippen molar-refractivity contribution in [3.05, 3.63) is 24.0 Å². The summed E-state index contributed by atoms with van der Waals surface area (Å²) in [5, 5.41) is 0. The molecular weight excluding hydrogens is 285 g/mol. The second-order valence-electron chi connectivity index (χ2n) is 7.02. The molecule has 0 radical (unpaired) electrons. The molecule has 122 valence electrons. The molecular formula is C17H24FNO3. The van der Waals surface area contributed by atoms with E-state index in [1.54, 1.807) is 4.90 Å². The van der Waals surface area contributed by atoms with Crippen molar-refractivity contribution < 1.29 is 18.7 Å². The van der Waals surface area contributed by atoms with E-state index in [1.165, 1.54) is 18.2 Å². The maximum atomic E-state index is 13.3. The lowest BCUT2D eigenvalue weighted by atomic mass is 10.0. The Hall–Kier alpha value is -1.78. The molecule has 0 saturated heterocycles. The van der Waals surface area contributed by atoms with Crippen LogP contribution >= 0.6 is 0 Å². The van der Waals surface area contributed by atoms with E-state index in [9.17, 15) is 9.18 Å². The zero-order valence-electron chi connectivity index (χ0n) is 13.9. The molecule has 5 heteroatoms. The molecule has 1 atom stereocenters. The minimum atomic E-state index is -0.743. The van der Waals surface area contributed by atoms with Crippen LogP contribution in [0.3, 0.4) is 0 Å². The standard InChI is InChI=1S/C17H24FNO3/c1-11(2)9-19(17(3,4)5)16(20)15-10-21-13-7-6-12(18)8-14(13)22-15/h6-8,11,15H,9-10H2,1-5H3. The summed E-state index contributed by atoms with van der Waals surface area (Å²) >= 11 is 0. The third kappa shape index (κ3) is 3.70. The summed E-state index contributed by atoms with van der Waals surface area (Å²) in [5.74, 6) is 0.554. The summed E-state index contributed by atoms with van der Waals surface area (Å²) in [7, 11) is 0. The largest absolute Gasteiger partial charge is 0.485 e. The molecule has 0 fully saturated rings. The highest BCUT2D eigenvalue weighted by Gasteiger charge is 2.36. The molecule has 1 aliphatic rings. The molecule has 22 heavy (non-hydrogen) atoms. The number of halogens is 1. The molecule has 1 aromatic rings. The molecule has 2 rings (SSSR count). The van der Waals surface area contributed by atoms with Crippen LogP contribution in [0, 0.1) is 11.7 Å². The van der Waals surface area contributed by atoms with E-state index >= 15 is 0 Å². The fourth-order valence-corrected chi connectivity index (χ4v) is 2.40. The lowest BCUT2D eigenvalue weighted by Gasteiger charge is -2.39. The lowest BCUT2D eigenvalue weighted by molar-refractivity contribution is -0.146. The van der Waals surface area contributed by atoms with Gasteiger partial charge in [0.25, 0.3) is 5.91 Å². The van der Waals surface area contributed by atoms with E-state index in [0.717, 1.165) is 0 Å². The number of hydrogen-bond acceptors (Lipinski definition) is 3. The van der Waals surface area contributed by atoms with Gasteiger partial charge in [0.05, 0.1) is 0 Å². The number of fused-ring (bicyclic) bond motifs is 1.